The molecule has 0 spiro atoms. The van der Waals surface area contributed by atoms with Crippen LogP contribution in [0.2, 0.25) is 0 Å². The molecule has 1 N–H and O–H groups in total. The molecule has 0 aliphatic heterocycles. The Balaban J connectivity index is 1.82. The Labute approximate surface area is 284 Å². The average Bonchev–Trinajstić information content (AvgIpc) is 3.10. The number of benzene rings is 3. The second-order valence-electron chi connectivity index (χ2n) is 11.8. The number of nitrogens with zero attached hydrogens (tertiary/aromatic N) is 2. The monoisotopic (exact) mass is 681 g/mol. The maximum absolute atomic E-state index is 14.6. The number of amides is 2. The minimum Gasteiger partial charge on any atom is -0.497 e. The van der Waals surface area contributed by atoms with E-state index in [4.69, 9.17) is 18.9 Å². The summed E-state index contributed by atoms with van der Waals surface area (Å²) in [7, 11) is 1.31. The van der Waals surface area contributed by atoms with Gasteiger partial charge in [-0.25, -0.2) is 8.42 Å². The lowest BCUT2D eigenvalue weighted by Crippen LogP contribution is -2.54. The summed E-state index contributed by atoms with van der Waals surface area (Å²) in [5, 5.41) is 3.18. The molecule has 1 saturated carbocycles. The van der Waals surface area contributed by atoms with Gasteiger partial charge >= 0.3 is 0 Å². The van der Waals surface area contributed by atoms with Gasteiger partial charge in [0.1, 0.15) is 24.1 Å². The number of rotatable bonds is 15. The van der Waals surface area contributed by atoms with E-state index < -0.39 is 28.5 Å². The topological polar surface area (TPSA) is 124 Å². The van der Waals surface area contributed by atoms with Crippen LogP contribution in [0, 0.1) is 6.92 Å². The fourth-order valence-corrected chi connectivity index (χ4v) is 7.48. The number of carbonyl (C=O) groups is 2. The highest BCUT2D eigenvalue weighted by atomic mass is 32.2. The molecular weight excluding hydrogens is 634 g/mol. The van der Waals surface area contributed by atoms with E-state index in [-0.39, 0.29) is 40.6 Å². The molecule has 4 rings (SSSR count). The predicted octanol–water partition coefficient (Wildman–Crippen LogP) is 5.48. The van der Waals surface area contributed by atoms with Gasteiger partial charge in [0.15, 0.2) is 11.5 Å². The molecule has 0 bridgehead atoms. The number of carbonyl (C=O) groups excluding carboxylic acids is 2. The highest BCUT2D eigenvalue weighted by Crippen LogP contribution is 2.38. The summed E-state index contributed by atoms with van der Waals surface area (Å²) in [6.45, 7) is 3.28. The first kappa shape index (κ1) is 36.4. The molecular formula is C36H47N3O8S. The number of nitrogens with one attached hydrogen (secondary N) is 1. The molecule has 0 saturated heterocycles. The van der Waals surface area contributed by atoms with Crippen LogP contribution < -0.4 is 28.6 Å². The molecule has 0 aromatic heterocycles. The van der Waals surface area contributed by atoms with E-state index in [1.54, 1.807) is 12.1 Å². The van der Waals surface area contributed by atoms with Crippen LogP contribution in [0.5, 0.6) is 23.0 Å². The Morgan fingerprint density at radius 1 is 0.854 bits per heavy atom. The Morgan fingerprint density at radius 2 is 1.52 bits per heavy atom. The van der Waals surface area contributed by atoms with Crippen molar-refractivity contribution in [2.75, 3.05) is 39.3 Å². The van der Waals surface area contributed by atoms with Gasteiger partial charge < -0.3 is 29.2 Å². The van der Waals surface area contributed by atoms with Crippen molar-refractivity contribution >= 4 is 27.5 Å². The van der Waals surface area contributed by atoms with E-state index >= 15 is 0 Å². The van der Waals surface area contributed by atoms with Crippen molar-refractivity contribution in [3.05, 3.63) is 71.8 Å². The van der Waals surface area contributed by atoms with Gasteiger partial charge in [0.05, 0.1) is 39.0 Å². The van der Waals surface area contributed by atoms with Crippen molar-refractivity contribution in [2.45, 2.75) is 75.9 Å². The summed E-state index contributed by atoms with van der Waals surface area (Å²) < 4.78 is 51.9. The van der Waals surface area contributed by atoms with Crippen LogP contribution >= 0.6 is 0 Å². The van der Waals surface area contributed by atoms with Crippen molar-refractivity contribution in [1.82, 2.24) is 10.2 Å². The van der Waals surface area contributed by atoms with Gasteiger partial charge in [-0.1, -0.05) is 50.5 Å². The molecule has 0 heterocycles. The Hall–Kier alpha value is -4.45. The number of hydrogen-bond donors (Lipinski definition) is 1. The second-order valence-corrected chi connectivity index (χ2v) is 13.6. The average molecular weight is 682 g/mol. The van der Waals surface area contributed by atoms with Crippen molar-refractivity contribution in [1.29, 1.82) is 0 Å². The Bertz CT molecular complexity index is 1670. The first-order chi connectivity index (χ1) is 23.1. The number of aryl methyl sites for hydroxylation is 1. The van der Waals surface area contributed by atoms with Crippen LogP contribution in [-0.4, -0.2) is 72.2 Å². The standard InChI is InChI=1S/C36H47N3O8S/c1-7-30(36(41)37-27-15-9-8-10-16-27)38(23-26-14-12-11-13-25(26)2)35(40)24-39(31-21-28(44-3)17-19-32(31)45-4)48(42,43)29-18-20-33(46-5)34(22-29)47-6/h11-14,17-22,27,30H,7-10,15-16,23-24H2,1-6H3,(H,37,41)/t30-/m1/s1. The van der Waals surface area contributed by atoms with Crippen LogP contribution in [0.15, 0.2) is 65.6 Å². The third kappa shape index (κ3) is 8.33. The quantitative estimate of drug-likeness (QED) is 0.224. The first-order valence-corrected chi connectivity index (χ1v) is 17.6. The molecule has 0 radical (unpaired) electrons. The molecule has 12 heteroatoms. The third-order valence-corrected chi connectivity index (χ3v) is 10.6. The number of methoxy groups -OCH3 is 4. The fourth-order valence-electron chi connectivity index (χ4n) is 6.04. The number of ether oxygens (including phenoxy) is 4. The summed E-state index contributed by atoms with van der Waals surface area (Å²) in [6.07, 6.45) is 5.33. The molecule has 2 amide bonds. The molecule has 0 unspecified atom stereocenters. The maximum atomic E-state index is 14.6. The van der Waals surface area contributed by atoms with E-state index in [1.807, 2.05) is 38.1 Å². The Kier molecular flexibility index (Phi) is 12.6. The molecule has 3 aromatic carbocycles. The smallest absolute Gasteiger partial charge is 0.265 e. The summed E-state index contributed by atoms with van der Waals surface area (Å²) in [5.41, 5.74) is 1.89. The van der Waals surface area contributed by atoms with Gasteiger partial charge in [0, 0.05) is 24.7 Å². The van der Waals surface area contributed by atoms with Crippen molar-refractivity contribution in [3.8, 4) is 23.0 Å². The van der Waals surface area contributed by atoms with E-state index in [9.17, 15) is 18.0 Å². The fraction of sp³-hybridized carbons (Fsp3) is 0.444. The molecule has 1 atom stereocenters. The van der Waals surface area contributed by atoms with Gasteiger partial charge in [-0.15, -0.1) is 0 Å². The minimum absolute atomic E-state index is 0.0405. The highest BCUT2D eigenvalue weighted by Gasteiger charge is 2.36. The zero-order valence-corrected chi connectivity index (χ0v) is 29.5. The Morgan fingerprint density at radius 3 is 2.15 bits per heavy atom. The lowest BCUT2D eigenvalue weighted by Gasteiger charge is -2.35. The van der Waals surface area contributed by atoms with Gasteiger partial charge in [0.2, 0.25) is 11.8 Å². The third-order valence-electron chi connectivity index (χ3n) is 8.82. The van der Waals surface area contributed by atoms with Crippen molar-refractivity contribution < 1.29 is 37.0 Å². The van der Waals surface area contributed by atoms with Crippen LogP contribution in [-0.2, 0) is 26.2 Å². The lowest BCUT2D eigenvalue weighted by atomic mass is 9.95. The summed E-state index contributed by atoms with van der Waals surface area (Å²) in [5.74, 6) is 0.310. The molecule has 1 aliphatic rings. The van der Waals surface area contributed by atoms with Gasteiger partial charge in [-0.2, -0.15) is 0 Å². The first-order valence-electron chi connectivity index (χ1n) is 16.2. The van der Waals surface area contributed by atoms with Crippen molar-refractivity contribution in [3.63, 3.8) is 0 Å². The van der Waals surface area contributed by atoms with Crippen LogP contribution in [0.4, 0.5) is 5.69 Å². The molecule has 260 valence electrons. The maximum Gasteiger partial charge on any atom is 0.265 e. The van der Waals surface area contributed by atoms with Gasteiger partial charge in [-0.3, -0.25) is 13.9 Å². The normalized spacial score (nSPS) is 14.0. The van der Waals surface area contributed by atoms with E-state index in [1.165, 1.54) is 57.6 Å². The van der Waals surface area contributed by atoms with E-state index in [2.05, 4.69) is 5.32 Å². The molecule has 11 nitrogen and oxygen atoms in total. The van der Waals surface area contributed by atoms with E-state index in [0.717, 1.165) is 47.5 Å². The molecule has 48 heavy (non-hydrogen) atoms. The lowest BCUT2D eigenvalue weighted by molar-refractivity contribution is -0.140. The SMILES string of the molecule is CC[C@H](C(=O)NC1CCCCC1)N(Cc1ccccc1C)C(=O)CN(c1cc(OC)ccc1OC)S(=O)(=O)c1ccc(OC)c(OC)c1. The second kappa shape index (κ2) is 16.6. The number of sulfonamides is 1. The largest absolute Gasteiger partial charge is 0.497 e. The zero-order valence-electron chi connectivity index (χ0n) is 28.7. The summed E-state index contributed by atoms with van der Waals surface area (Å²) in [6, 6.07) is 15.8. The van der Waals surface area contributed by atoms with Crippen molar-refractivity contribution in [2.24, 2.45) is 0 Å². The zero-order chi connectivity index (χ0) is 34.8. The summed E-state index contributed by atoms with van der Waals surface area (Å²) in [4.78, 5) is 29.8. The number of anilines is 1. The summed E-state index contributed by atoms with van der Waals surface area (Å²) >= 11 is 0. The van der Waals surface area contributed by atoms with Crippen LogP contribution in [0.3, 0.4) is 0 Å². The van der Waals surface area contributed by atoms with Gasteiger partial charge in [0.25, 0.3) is 10.0 Å². The van der Waals surface area contributed by atoms with Crippen LogP contribution in [0.25, 0.3) is 0 Å². The van der Waals surface area contributed by atoms with Gasteiger partial charge in [-0.05, 0) is 61.6 Å². The number of hydrogen-bond acceptors (Lipinski definition) is 8. The minimum atomic E-state index is -4.44. The van der Waals surface area contributed by atoms with Crippen LogP contribution in [0.1, 0.15) is 56.6 Å². The predicted molar refractivity (Wildman–Crippen MR) is 184 cm³/mol. The molecule has 1 fully saturated rings. The highest BCUT2D eigenvalue weighted by molar-refractivity contribution is 7.92. The molecule has 3 aromatic rings. The van der Waals surface area contributed by atoms with E-state index in [0.29, 0.717) is 17.9 Å². The molecule has 1 aliphatic carbocycles.